The number of hydrogen-bond donors (Lipinski definition) is 5. The summed E-state index contributed by atoms with van der Waals surface area (Å²) in [6.07, 6.45) is 11.2. The Morgan fingerprint density at radius 3 is 1.30 bits per heavy atom. The summed E-state index contributed by atoms with van der Waals surface area (Å²) in [5, 5.41) is 21.4. The van der Waals surface area contributed by atoms with Crippen molar-refractivity contribution in [2.45, 2.75) is 128 Å². The number of ether oxygens (including phenoxy) is 3. The first kappa shape index (κ1) is 50.2. The summed E-state index contributed by atoms with van der Waals surface area (Å²) in [5.41, 5.74) is 3.57. The number of carboxylic acid groups (broad SMARTS) is 1. The number of amides is 4. The highest BCUT2D eigenvalue weighted by Gasteiger charge is 2.36. The van der Waals surface area contributed by atoms with E-state index >= 15 is 0 Å². The number of methoxy groups -OCH3 is 1. The van der Waals surface area contributed by atoms with Gasteiger partial charge in [-0.15, -0.1) is 0 Å². The van der Waals surface area contributed by atoms with Gasteiger partial charge in [-0.2, -0.15) is 0 Å². The molecule has 6 aliphatic rings. The van der Waals surface area contributed by atoms with Crippen molar-refractivity contribution in [1.82, 2.24) is 21.3 Å². The maximum absolute atomic E-state index is 13.5. The zero-order valence-corrected chi connectivity index (χ0v) is 39.9. The van der Waals surface area contributed by atoms with Gasteiger partial charge in [0.1, 0.15) is 47.2 Å². The van der Waals surface area contributed by atoms with Crippen LogP contribution in [0.1, 0.15) is 100 Å². The van der Waals surface area contributed by atoms with Gasteiger partial charge in [0.2, 0.25) is 23.6 Å². The minimum absolute atomic E-state index is 0.00237. The minimum Gasteiger partial charge on any atom is -0.480 e. The molecule has 0 saturated heterocycles. The van der Waals surface area contributed by atoms with Crippen molar-refractivity contribution in [2.75, 3.05) is 7.11 Å². The normalized spacial score (nSPS) is 24.2. The Labute approximate surface area is 404 Å². The van der Waals surface area contributed by atoms with E-state index < -0.39 is 42.0 Å². The molecule has 14 heteroatoms. The second kappa shape index (κ2) is 24.0. The molecule has 0 spiro atoms. The van der Waals surface area contributed by atoms with Gasteiger partial charge in [-0.3, -0.25) is 19.2 Å². The lowest BCUT2D eigenvalue weighted by Gasteiger charge is -2.32. The number of nitrogens with one attached hydrogen (secondary N) is 4. The van der Waals surface area contributed by atoms with E-state index in [1.807, 2.05) is 98.8 Å². The predicted molar refractivity (Wildman–Crippen MR) is 260 cm³/mol. The number of esters is 1. The highest BCUT2D eigenvalue weighted by Crippen LogP contribution is 2.30. The lowest BCUT2D eigenvalue weighted by Crippen LogP contribution is -2.56. The molecule has 6 atom stereocenters. The first-order chi connectivity index (χ1) is 33.3. The Morgan fingerprint density at radius 1 is 0.493 bits per heavy atom. The highest BCUT2D eigenvalue weighted by molar-refractivity contribution is 5.92. The first-order valence-corrected chi connectivity index (χ1v) is 24.6. The fraction of sp³-hybridized carbons (Fsp3) is 0.455. The van der Waals surface area contributed by atoms with Gasteiger partial charge in [0.05, 0.1) is 7.11 Å². The largest absolute Gasteiger partial charge is 0.480 e. The van der Waals surface area contributed by atoms with Gasteiger partial charge in [-0.1, -0.05) is 101 Å². The van der Waals surface area contributed by atoms with Crippen LogP contribution in [0.4, 0.5) is 0 Å². The van der Waals surface area contributed by atoms with Crippen LogP contribution in [0.2, 0.25) is 0 Å². The molecule has 4 aliphatic heterocycles. The molecule has 2 fully saturated rings. The third kappa shape index (κ3) is 14.2. The number of carbonyl (C=O) groups is 6. The number of carboxylic acids is 1. The second-order valence-corrected chi connectivity index (χ2v) is 19.2. The summed E-state index contributed by atoms with van der Waals surface area (Å²) in [6, 6.07) is 26.5. The maximum atomic E-state index is 13.5. The average Bonchev–Trinajstić information content (AvgIpc) is 3.35. The number of rotatable bonds is 4. The van der Waals surface area contributed by atoms with E-state index in [4.69, 9.17) is 14.2 Å². The average molecular weight is 943 g/mol. The molecule has 4 aromatic carbocycles. The third-order valence-corrected chi connectivity index (χ3v) is 13.8. The molecule has 2 saturated carbocycles. The molecular weight excluding hydrogens is 877 g/mol. The van der Waals surface area contributed by atoms with E-state index in [1.54, 1.807) is 12.1 Å². The van der Waals surface area contributed by atoms with Crippen LogP contribution in [0.5, 0.6) is 23.0 Å². The van der Waals surface area contributed by atoms with Gasteiger partial charge in [-0.25, -0.2) is 9.59 Å². The number of carbonyl (C=O) groups excluding carboxylic acids is 5. The van der Waals surface area contributed by atoms with Crippen molar-refractivity contribution in [3.8, 4) is 23.0 Å². The summed E-state index contributed by atoms with van der Waals surface area (Å²) in [5.74, 6) is -0.831. The Bertz CT molecular complexity index is 2410. The molecule has 10 rings (SSSR count). The fourth-order valence-corrected chi connectivity index (χ4v) is 9.87. The Hall–Kier alpha value is -6.70. The lowest BCUT2D eigenvalue weighted by molar-refractivity contribution is -0.145. The van der Waals surface area contributed by atoms with Crippen LogP contribution < -0.4 is 30.7 Å². The van der Waals surface area contributed by atoms with Crippen molar-refractivity contribution in [3.63, 3.8) is 0 Å². The van der Waals surface area contributed by atoms with Crippen molar-refractivity contribution < 1.29 is 48.1 Å². The smallest absolute Gasteiger partial charge is 0.328 e. The second-order valence-electron chi connectivity index (χ2n) is 19.2. The molecule has 4 amide bonds. The summed E-state index contributed by atoms with van der Waals surface area (Å²) < 4.78 is 16.9. The Morgan fingerprint density at radius 2 is 0.899 bits per heavy atom. The van der Waals surface area contributed by atoms with E-state index in [9.17, 15) is 33.9 Å². The van der Waals surface area contributed by atoms with E-state index in [2.05, 4.69) is 21.3 Å². The molecule has 14 nitrogen and oxygen atoms in total. The van der Waals surface area contributed by atoms with Crippen molar-refractivity contribution in [2.24, 2.45) is 23.7 Å². The molecule has 366 valence electrons. The van der Waals surface area contributed by atoms with Crippen LogP contribution in [0.15, 0.2) is 97.1 Å². The fourth-order valence-electron chi connectivity index (χ4n) is 9.87. The van der Waals surface area contributed by atoms with E-state index in [1.165, 1.54) is 7.11 Å². The molecule has 4 aromatic rings. The Kier molecular flexibility index (Phi) is 17.5. The monoisotopic (exact) mass is 942 g/mol. The van der Waals surface area contributed by atoms with E-state index in [0.29, 0.717) is 35.8 Å². The molecule has 69 heavy (non-hydrogen) atoms. The van der Waals surface area contributed by atoms with Crippen LogP contribution in [0.3, 0.4) is 0 Å². The molecule has 0 radical (unpaired) electrons. The molecule has 4 heterocycles. The summed E-state index contributed by atoms with van der Waals surface area (Å²) in [6.45, 7) is 3.71. The number of aliphatic carboxylic acids is 1. The van der Waals surface area contributed by atoms with Crippen LogP contribution in [-0.2, 0) is 59.2 Å². The first-order valence-electron chi connectivity index (χ1n) is 24.6. The quantitative estimate of drug-likeness (QED) is 0.126. The number of benzene rings is 4. The van der Waals surface area contributed by atoms with Crippen molar-refractivity contribution in [3.05, 3.63) is 119 Å². The number of fused-ring (bicyclic) bond motifs is 20. The Balaban J connectivity index is 0.000000204. The van der Waals surface area contributed by atoms with Crippen LogP contribution in [0.25, 0.3) is 0 Å². The highest BCUT2D eigenvalue weighted by atomic mass is 16.5. The van der Waals surface area contributed by atoms with Crippen LogP contribution >= 0.6 is 0 Å². The topological polar surface area (TPSA) is 198 Å². The van der Waals surface area contributed by atoms with Gasteiger partial charge < -0.3 is 40.6 Å². The van der Waals surface area contributed by atoms with Gasteiger partial charge in [0.15, 0.2) is 0 Å². The minimum atomic E-state index is -1.12. The van der Waals surface area contributed by atoms with Crippen LogP contribution in [-0.4, -0.2) is 72.0 Å². The van der Waals surface area contributed by atoms with Gasteiger partial charge >= 0.3 is 11.9 Å². The zero-order chi connectivity index (χ0) is 48.9. The standard InChI is InChI=1S/C28H34N2O5.C27H32N2O5/c1-18-15-19-11-13-22(14-12-19)35-23-10-6-7-20(16-23)17-24(28(33)34-2)29-27(32)25(30-26(18)31)21-8-4-3-5-9-21;1-17-14-18-10-12-21(13-11-18)34-22-9-5-6-19(15-22)16-23(27(32)33)28-26(31)24(29-25(17)30)20-7-3-2-4-8-20/h6-7,10-14,16,18,21,24-25H,3-5,8-9,15,17H2,1-2H3,(H,29,32)(H,30,31);5-6,9-13,15,17,20,23-24H,2-4,7-8,14,16H2,1H3,(H,28,31)(H,29,30)(H,32,33). The van der Waals surface area contributed by atoms with Gasteiger partial charge in [0, 0.05) is 24.7 Å². The van der Waals surface area contributed by atoms with Gasteiger partial charge in [-0.05, 0) is 121 Å². The lowest BCUT2D eigenvalue weighted by atomic mass is 9.83. The maximum Gasteiger partial charge on any atom is 0.328 e. The van der Waals surface area contributed by atoms with E-state index in [-0.39, 0.29) is 54.2 Å². The van der Waals surface area contributed by atoms with Crippen molar-refractivity contribution in [1.29, 1.82) is 0 Å². The molecule has 2 aliphatic carbocycles. The zero-order valence-electron chi connectivity index (χ0n) is 39.9. The predicted octanol–water partition coefficient (Wildman–Crippen LogP) is 7.78. The summed E-state index contributed by atoms with van der Waals surface area (Å²) >= 11 is 0. The van der Waals surface area contributed by atoms with Crippen LogP contribution in [0, 0.1) is 23.7 Å². The molecule has 8 bridgehead atoms. The summed E-state index contributed by atoms with van der Waals surface area (Å²) in [4.78, 5) is 77.7. The summed E-state index contributed by atoms with van der Waals surface area (Å²) in [7, 11) is 1.31. The molecular formula is C55H66N4O10. The molecule has 6 unspecified atom stereocenters. The molecule has 0 aromatic heterocycles. The van der Waals surface area contributed by atoms with Gasteiger partial charge in [0.25, 0.3) is 0 Å². The number of hydrogen-bond acceptors (Lipinski definition) is 9. The SMILES string of the molecule is CC1Cc2ccc(cc2)Oc2cccc(c2)CC(C(=O)O)NC(=O)C(C2CCCCC2)NC1=O.COC(=O)C1Cc2cccc(c2)Oc2ccc(cc2)CC(C)C(=O)NC(C2CCCCC2)C(=O)N1. The molecule has 5 N–H and O–H groups in total. The van der Waals surface area contributed by atoms with Crippen molar-refractivity contribution >= 4 is 35.6 Å². The van der Waals surface area contributed by atoms with E-state index in [0.717, 1.165) is 86.5 Å². The third-order valence-electron chi connectivity index (χ3n) is 13.8.